The second kappa shape index (κ2) is 5.83. The van der Waals surface area contributed by atoms with Gasteiger partial charge in [-0.2, -0.15) is 0 Å². The van der Waals surface area contributed by atoms with Crippen molar-refractivity contribution < 1.29 is 8.42 Å². The first kappa shape index (κ1) is 15.5. The molecule has 0 heterocycles. The van der Waals surface area contributed by atoms with Crippen molar-refractivity contribution in [2.24, 2.45) is 5.14 Å². The van der Waals surface area contributed by atoms with Crippen molar-refractivity contribution in [3.05, 3.63) is 46.4 Å². The van der Waals surface area contributed by atoms with Crippen molar-refractivity contribution in [2.75, 3.05) is 5.73 Å². The monoisotopic (exact) mass is 348 g/mol. The molecule has 0 amide bonds. The smallest absolute Gasteiger partial charge is 0.238 e. The maximum atomic E-state index is 11.3. The van der Waals surface area contributed by atoms with E-state index in [1.54, 1.807) is 18.2 Å². The molecule has 0 aromatic heterocycles. The molecule has 0 aliphatic rings. The van der Waals surface area contributed by atoms with Crippen molar-refractivity contribution in [1.29, 1.82) is 0 Å². The van der Waals surface area contributed by atoms with Gasteiger partial charge in [0.2, 0.25) is 10.0 Å². The summed E-state index contributed by atoms with van der Waals surface area (Å²) >= 11 is 13.1. The zero-order chi connectivity index (χ0) is 14.9. The highest BCUT2D eigenvalue weighted by Gasteiger charge is 2.12. The molecule has 0 aliphatic carbocycles. The minimum Gasteiger partial charge on any atom is -0.398 e. The molecule has 0 bridgehead atoms. The average molecular weight is 349 g/mol. The molecule has 0 unspecified atom stereocenters. The minimum atomic E-state index is -3.77. The van der Waals surface area contributed by atoms with Crippen LogP contribution in [0.3, 0.4) is 0 Å². The summed E-state index contributed by atoms with van der Waals surface area (Å²) in [6, 6.07) is 9.30. The van der Waals surface area contributed by atoms with E-state index in [2.05, 4.69) is 0 Å². The molecule has 4 N–H and O–H groups in total. The highest BCUT2D eigenvalue weighted by Crippen LogP contribution is 2.38. The van der Waals surface area contributed by atoms with Crippen LogP contribution in [0.1, 0.15) is 0 Å². The number of nitrogens with two attached hydrogens (primary N) is 2. The molecule has 0 saturated carbocycles. The van der Waals surface area contributed by atoms with Crippen LogP contribution >= 0.6 is 35.0 Å². The molecule has 0 radical (unpaired) electrons. The van der Waals surface area contributed by atoms with E-state index >= 15 is 0 Å². The molecule has 8 heteroatoms. The third kappa shape index (κ3) is 3.59. The van der Waals surface area contributed by atoms with Gasteiger partial charge in [0, 0.05) is 20.5 Å². The standard InChI is InChI=1S/C12H10Cl2N2O2S2/c13-7-1-4-11(9(14)5-7)19-12-6-8(20(16,17)18)2-3-10(12)15/h1-6H,15H2,(H2,16,17,18). The van der Waals surface area contributed by atoms with Crippen molar-refractivity contribution >= 4 is 50.7 Å². The van der Waals surface area contributed by atoms with E-state index in [4.69, 9.17) is 34.1 Å². The summed E-state index contributed by atoms with van der Waals surface area (Å²) in [6.07, 6.45) is 0. The van der Waals surface area contributed by atoms with Crippen LogP contribution in [0, 0.1) is 0 Å². The Kier molecular flexibility index (Phi) is 4.51. The first-order chi connectivity index (χ1) is 9.27. The summed E-state index contributed by atoms with van der Waals surface area (Å²) in [4.78, 5) is 1.27. The molecule has 0 aliphatic heterocycles. The molecule has 0 atom stereocenters. The predicted molar refractivity (Wildman–Crippen MR) is 82.8 cm³/mol. The van der Waals surface area contributed by atoms with Gasteiger partial charge in [-0.15, -0.1) is 0 Å². The Labute approximate surface area is 131 Å². The van der Waals surface area contributed by atoms with Crippen LogP contribution < -0.4 is 10.9 Å². The predicted octanol–water partition coefficient (Wildman–Crippen LogP) is 3.37. The van der Waals surface area contributed by atoms with Gasteiger partial charge in [-0.1, -0.05) is 35.0 Å². The van der Waals surface area contributed by atoms with E-state index in [-0.39, 0.29) is 4.90 Å². The van der Waals surface area contributed by atoms with Crippen molar-refractivity contribution in [2.45, 2.75) is 14.7 Å². The molecule has 2 aromatic rings. The summed E-state index contributed by atoms with van der Waals surface area (Å²) in [7, 11) is -3.77. The normalized spacial score (nSPS) is 11.6. The second-order valence-electron chi connectivity index (χ2n) is 3.92. The summed E-state index contributed by atoms with van der Waals surface area (Å²) in [5.74, 6) is 0. The number of anilines is 1. The molecule has 2 aromatic carbocycles. The average Bonchev–Trinajstić information content (AvgIpc) is 2.33. The zero-order valence-corrected chi connectivity index (χ0v) is 13.2. The Morgan fingerprint density at radius 1 is 1.00 bits per heavy atom. The second-order valence-corrected chi connectivity index (χ2v) is 7.41. The van der Waals surface area contributed by atoms with Crippen molar-refractivity contribution in [3.63, 3.8) is 0 Å². The topological polar surface area (TPSA) is 86.2 Å². The first-order valence-corrected chi connectivity index (χ1v) is 8.44. The van der Waals surface area contributed by atoms with Crippen LogP contribution in [0.4, 0.5) is 5.69 Å². The van der Waals surface area contributed by atoms with Gasteiger partial charge in [-0.3, -0.25) is 0 Å². The quantitative estimate of drug-likeness (QED) is 0.832. The van der Waals surface area contributed by atoms with Crippen LogP contribution in [0.15, 0.2) is 51.1 Å². The summed E-state index contributed by atoms with van der Waals surface area (Å²) in [6.45, 7) is 0. The number of halogens is 2. The molecule has 0 saturated heterocycles. The van der Waals surface area contributed by atoms with Gasteiger partial charge < -0.3 is 5.73 Å². The van der Waals surface area contributed by atoms with Crippen LogP contribution in [0.2, 0.25) is 10.0 Å². The van der Waals surface area contributed by atoms with E-state index in [0.29, 0.717) is 25.5 Å². The number of nitrogen functional groups attached to an aromatic ring is 1. The van der Waals surface area contributed by atoms with E-state index in [0.717, 1.165) is 0 Å². The van der Waals surface area contributed by atoms with Gasteiger partial charge in [0.1, 0.15) is 0 Å². The largest absolute Gasteiger partial charge is 0.398 e. The lowest BCUT2D eigenvalue weighted by Gasteiger charge is -2.09. The molecule has 106 valence electrons. The Morgan fingerprint density at radius 3 is 2.30 bits per heavy atom. The third-order valence-electron chi connectivity index (χ3n) is 2.43. The maximum Gasteiger partial charge on any atom is 0.238 e. The Bertz CT molecular complexity index is 764. The number of benzene rings is 2. The van der Waals surface area contributed by atoms with Gasteiger partial charge in [0.25, 0.3) is 0 Å². The lowest BCUT2D eigenvalue weighted by Crippen LogP contribution is -2.12. The number of hydrogen-bond donors (Lipinski definition) is 2. The maximum absolute atomic E-state index is 11.3. The van der Waals surface area contributed by atoms with E-state index in [1.165, 1.54) is 30.0 Å². The van der Waals surface area contributed by atoms with Crippen LogP contribution in [0.5, 0.6) is 0 Å². The van der Waals surface area contributed by atoms with Crippen molar-refractivity contribution in [1.82, 2.24) is 0 Å². The van der Waals surface area contributed by atoms with Gasteiger partial charge in [0.15, 0.2) is 0 Å². The molecule has 4 nitrogen and oxygen atoms in total. The first-order valence-electron chi connectivity index (χ1n) is 5.32. The Morgan fingerprint density at radius 2 is 1.70 bits per heavy atom. The minimum absolute atomic E-state index is 0.000661. The van der Waals surface area contributed by atoms with E-state index in [1.807, 2.05) is 0 Å². The lowest BCUT2D eigenvalue weighted by atomic mass is 10.3. The van der Waals surface area contributed by atoms with Crippen molar-refractivity contribution in [3.8, 4) is 0 Å². The fourth-order valence-electron chi connectivity index (χ4n) is 1.46. The molecular weight excluding hydrogens is 339 g/mol. The number of primary sulfonamides is 1. The van der Waals surface area contributed by atoms with Gasteiger partial charge in [-0.05, 0) is 36.4 Å². The van der Waals surface area contributed by atoms with Crippen LogP contribution in [0.25, 0.3) is 0 Å². The van der Waals surface area contributed by atoms with Crippen LogP contribution in [-0.2, 0) is 10.0 Å². The van der Waals surface area contributed by atoms with Crippen LogP contribution in [-0.4, -0.2) is 8.42 Å². The molecule has 0 spiro atoms. The number of rotatable bonds is 3. The molecular formula is C12H10Cl2N2O2S2. The number of hydrogen-bond acceptors (Lipinski definition) is 4. The van der Waals surface area contributed by atoms with E-state index < -0.39 is 10.0 Å². The highest BCUT2D eigenvalue weighted by molar-refractivity contribution is 7.99. The molecule has 20 heavy (non-hydrogen) atoms. The molecule has 2 rings (SSSR count). The third-order valence-corrected chi connectivity index (χ3v) is 5.15. The lowest BCUT2D eigenvalue weighted by molar-refractivity contribution is 0.597. The highest BCUT2D eigenvalue weighted by atomic mass is 35.5. The fraction of sp³-hybridized carbons (Fsp3) is 0. The fourth-order valence-corrected chi connectivity index (χ4v) is 3.50. The van der Waals surface area contributed by atoms with Gasteiger partial charge in [-0.25, -0.2) is 13.6 Å². The summed E-state index contributed by atoms with van der Waals surface area (Å²) in [5.41, 5.74) is 6.27. The SMILES string of the molecule is Nc1ccc(S(N)(=O)=O)cc1Sc1ccc(Cl)cc1Cl. The van der Waals surface area contributed by atoms with Gasteiger partial charge >= 0.3 is 0 Å². The summed E-state index contributed by atoms with van der Waals surface area (Å²) in [5, 5.41) is 6.08. The van der Waals surface area contributed by atoms with Gasteiger partial charge in [0.05, 0.1) is 9.92 Å². The summed E-state index contributed by atoms with van der Waals surface area (Å²) < 4.78 is 22.7. The Balaban J connectivity index is 2.43. The Hall–Kier alpha value is -0.920. The molecule has 0 fully saturated rings. The zero-order valence-electron chi connectivity index (χ0n) is 10.0. The number of sulfonamides is 1. The van der Waals surface area contributed by atoms with E-state index in [9.17, 15) is 8.42 Å².